The molecule has 0 saturated carbocycles. The molecular formula is C17H27ClN2O. The van der Waals surface area contributed by atoms with Crippen LogP contribution in [-0.2, 0) is 11.3 Å². The normalized spacial score (nSPS) is 19.3. The number of piperidine rings is 1. The zero-order valence-corrected chi connectivity index (χ0v) is 14.1. The first-order valence-corrected chi connectivity index (χ1v) is 8.37. The van der Waals surface area contributed by atoms with Gasteiger partial charge in [-0.1, -0.05) is 37.6 Å². The molecule has 0 radical (unpaired) electrons. The van der Waals surface area contributed by atoms with Crippen LogP contribution in [0.4, 0.5) is 5.69 Å². The Hall–Kier alpha value is -0.770. The van der Waals surface area contributed by atoms with Crippen molar-refractivity contribution >= 4 is 17.3 Å². The van der Waals surface area contributed by atoms with Crippen LogP contribution in [0, 0.1) is 0 Å². The molecule has 4 heteroatoms. The summed E-state index contributed by atoms with van der Waals surface area (Å²) in [5, 5.41) is 4.33. The number of benzene rings is 1. The van der Waals surface area contributed by atoms with E-state index in [-0.39, 0.29) is 0 Å². The summed E-state index contributed by atoms with van der Waals surface area (Å²) in [6, 6.07) is 6.66. The SMILES string of the molecule is CCOC1CCCN(c2c(Cl)cccc2CNC(C)C)C1. The molecule has 1 aromatic rings. The molecule has 1 N–H and O–H groups in total. The lowest BCUT2D eigenvalue weighted by molar-refractivity contribution is 0.0526. The van der Waals surface area contributed by atoms with Gasteiger partial charge < -0.3 is 15.0 Å². The monoisotopic (exact) mass is 310 g/mol. The van der Waals surface area contributed by atoms with Crippen molar-refractivity contribution in [3.05, 3.63) is 28.8 Å². The van der Waals surface area contributed by atoms with Gasteiger partial charge in [-0.2, -0.15) is 0 Å². The van der Waals surface area contributed by atoms with Gasteiger partial charge in [0.15, 0.2) is 0 Å². The molecule has 1 fully saturated rings. The number of hydrogen-bond acceptors (Lipinski definition) is 3. The van der Waals surface area contributed by atoms with Crippen LogP contribution in [0.3, 0.4) is 0 Å². The predicted molar refractivity (Wildman–Crippen MR) is 90.3 cm³/mol. The summed E-state index contributed by atoms with van der Waals surface area (Å²) in [6.45, 7) is 10.0. The second-order valence-corrected chi connectivity index (χ2v) is 6.36. The summed E-state index contributed by atoms with van der Waals surface area (Å²) in [6.07, 6.45) is 2.63. The lowest BCUT2D eigenvalue weighted by Gasteiger charge is -2.36. The molecule has 21 heavy (non-hydrogen) atoms. The molecule has 3 nitrogen and oxygen atoms in total. The number of para-hydroxylation sites is 1. The van der Waals surface area contributed by atoms with Crippen LogP contribution >= 0.6 is 11.6 Å². The van der Waals surface area contributed by atoms with Crippen LogP contribution in [0.25, 0.3) is 0 Å². The van der Waals surface area contributed by atoms with Gasteiger partial charge in [0.05, 0.1) is 16.8 Å². The van der Waals surface area contributed by atoms with E-state index < -0.39 is 0 Å². The number of rotatable bonds is 6. The average Bonchev–Trinajstić information content (AvgIpc) is 2.45. The summed E-state index contributed by atoms with van der Waals surface area (Å²) in [5.41, 5.74) is 2.45. The standard InChI is InChI=1S/C17H27ClN2O/c1-4-21-15-8-6-10-20(12-15)17-14(11-19-13(2)3)7-5-9-16(17)18/h5,7,9,13,15,19H,4,6,8,10-12H2,1-3H3. The highest BCUT2D eigenvalue weighted by Gasteiger charge is 2.23. The fourth-order valence-corrected chi connectivity index (χ4v) is 3.20. The highest BCUT2D eigenvalue weighted by molar-refractivity contribution is 6.33. The molecule has 1 atom stereocenters. The summed E-state index contributed by atoms with van der Waals surface area (Å²) < 4.78 is 5.81. The zero-order chi connectivity index (χ0) is 15.2. The molecule has 0 aromatic heterocycles. The fourth-order valence-electron chi connectivity index (χ4n) is 2.88. The second-order valence-electron chi connectivity index (χ2n) is 5.95. The number of ether oxygens (including phenoxy) is 1. The third-order valence-corrected chi connectivity index (χ3v) is 4.17. The van der Waals surface area contributed by atoms with E-state index in [9.17, 15) is 0 Å². The van der Waals surface area contributed by atoms with Gasteiger partial charge in [-0.3, -0.25) is 0 Å². The number of nitrogens with one attached hydrogen (secondary N) is 1. The quantitative estimate of drug-likeness (QED) is 0.864. The van der Waals surface area contributed by atoms with Crippen LogP contribution in [0.2, 0.25) is 5.02 Å². The van der Waals surface area contributed by atoms with Crippen LogP contribution in [-0.4, -0.2) is 31.8 Å². The fraction of sp³-hybridized carbons (Fsp3) is 0.647. The van der Waals surface area contributed by atoms with Crippen molar-refractivity contribution in [3.8, 4) is 0 Å². The van der Waals surface area contributed by atoms with Crippen LogP contribution < -0.4 is 10.2 Å². The first-order valence-electron chi connectivity index (χ1n) is 7.99. The van der Waals surface area contributed by atoms with E-state index in [0.29, 0.717) is 12.1 Å². The Morgan fingerprint density at radius 3 is 2.95 bits per heavy atom. The molecular weight excluding hydrogens is 284 g/mol. The van der Waals surface area contributed by atoms with Gasteiger partial charge in [-0.15, -0.1) is 0 Å². The van der Waals surface area contributed by atoms with Crippen molar-refractivity contribution < 1.29 is 4.74 Å². The predicted octanol–water partition coefficient (Wildman–Crippen LogP) is 3.84. The molecule has 1 aromatic carbocycles. The number of nitrogens with zero attached hydrogens (tertiary/aromatic N) is 1. The van der Waals surface area contributed by atoms with Crippen molar-refractivity contribution in [2.75, 3.05) is 24.6 Å². The summed E-state index contributed by atoms with van der Waals surface area (Å²) >= 11 is 6.49. The second kappa shape index (κ2) is 8.02. The third kappa shape index (κ3) is 4.60. The van der Waals surface area contributed by atoms with Gasteiger partial charge in [0, 0.05) is 32.3 Å². The largest absolute Gasteiger partial charge is 0.377 e. The van der Waals surface area contributed by atoms with Crippen LogP contribution in [0.1, 0.15) is 39.2 Å². The van der Waals surface area contributed by atoms with E-state index in [0.717, 1.165) is 44.1 Å². The maximum Gasteiger partial charge on any atom is 0.0750 e. The van der Waals surface area contributed by atoms with Crippen LogP contribution in [0.15, 0.2) is 18.2 Å². The van der Waals surface area contributed by atoms with E-state index >= 15 is 0 Å². The van der Waals surface area contributed by atoms with E-state index in [4.69, 9.17) is 16.3 Å². The van der Waals surface area contributed by atoms with Crippen LogP contribution in [0.5, 0.6) is 0 Å². The molecule has 1 saturated heterocycles. The van der Waals surface area contributed by atoms with Gasteiger partial charge in [0.25, 0.3) is 0 Å². The third-order valence-electron chi connectivity index (χ3n) is 3.87. The molecule has 118 valence electrons. The maximum absolute atomic E-state index is 6.49. The van der Waals surface area contributed by atoms with E-state index in [1.807, 2.05) is 12.1 Å². The maximum atomic E-state index is 6.49. The molecule has 0 spiro atoms. The minimum absolute atomic E-state index is 0.325. The van der Waals surface area contributed by atoms with Gasteiger partial charge in [0.1, 0.15) is 0 Å². The van der Waals surface area contributed by atoms with Crippen molar-refractivity contribution in [3.63, 3.8) is 0 Å². The summed E-state index contributed by atoms with van der Waals surface area (Å²) in [4.78, 5) is 2.39. The minimum atomic E-state index is 0.325. The van der Waals surface area contributed by atoms with Gasteiger partial charge in [0.2, 0.25) is 0 Å². The summed E-state index contributed by atoms with van der Waals surface area (Å²) in [5.74, 6) is 0. The highest BCUT2D eigenvalue weighted by Crippen LogP contribution is 2.32. The minimum Gasteiger partial charge on any atom is -0.377 e. The highest BCUT2D eigenvalue weighted by atomic mass is 35.5. The molecule has 1 aliphatic rings. The molecule has 1 aliphatic heterocycles. The van der Waals surface area contributed by atoms with Gasteiger partial charge in [-0.05, 0) is 31.4 Å². The van der Waals surface area contributed by atoms with Crippen molar-refractivity contribution in [2.24, 2.45) is 0 Å². The van der Waals surface area contributed by atoms with Crippen molar-refractivity contribution in [1.82, 2.24) is 5.32 Å². The van der Waals surface area contributed by atoms with E-state index in [1.165, 1.54) is 11.3 Å². The Balaban J connectivity index is 2.16. The number of anilines is 1. The first kappa shape index (κ1) is 16.6. The molecule has 1 unspecified atom stereocenters. The number of halogens is 1. The lowest BCUT2D eigenvalue weighted by atomic mass is 10.0. The van der Waals surface area contributed by atoms with E-state index in [1.54, 1.807) is 0 Å². The van der Waals surface area contributed by atoms with Crippen molar-refractivity contribution in [2.45, 2.75) is 52.3 Å². The topological polar surface area (TPSA) is 24.5 Å². The first-order chi connectivity index (χ1) is 10.1. The van der Waals surface area contributed by atoms with Gasteiger partial charge >= 0.3 is 0 Å². The van der Waals surface area contributed by atoms with Crippen molar-refractivity contribution in [1.29, 1.82) is 0 Å². The Bertz CT molecular complexity index is 448. The smallest absolute Gasteiger partial charge is 0.0750 e. The molecule has 0 bridgehead atoms. The summed E-state index contributed by atoms with van der Waals surface area (Å²) in [7, 11) is 0. The molecule has 0 amide bonds. The van der Waals surface area contributed by atoms with Gasteiger partial charge in [-0.25, -0.2) is 0 Å². The zero-order valence-electron chi connectivity index (χ0n) is 13.4. The molecule has 2 rings (SSSR count). The Morgan fingerprint density at radius 2 is 2.24 bits per heavy atom. The molecule has 1 heterocycles. The lowest BCUT2D eigenvalue weighted by Crippen LogP contribution is -2.40. The molecule has 0 aliphatic carbocycles. The van der Waals surface area contributed by atoms with E-state index in [2.05, 4.69) is 37.1 Å². The Morgan fingerprint density at radius 1 is 1.43 bits per heavy atom. The average molecular weight is 311 g/mol. The Labute approximate surface area is 133 Å². The number of hydrogen-bond donors (Lipinski definition) is 1. The Kier molecular flexibility index (Phi) is 6.34.